The summed E-state index contributed by atoms with van der Waals surface area (Å²) in [6.07, 6.45) is 0. The van der Waals surface area contributed by atoms with Crippen molar-refractivity contribution in [3.8, 4) is 0 Å². The van der Waals surface area contributed by atoms with Gasteiger partial charge in [0.05, 0.1) is 10.5 Å². The van der Waals surface area contributed by atoms with E-state index in [1.807, 2.05) is 20.8 Å². The summed E-state index contributed by atoms with van der Waals surface area (Å²) in [5.74, 6) is 0. The van der Waals surface area contributed by atoms with Gasteiger partial charge < -0.3 is 10.5 Å². The van der Waals surface area contributed by atoms with Crippen LogP contribution < -0.4 is 10.5 Å². The van der Waals surface area contributed by atoms with Crippen LogP contribution in [0.25, 0.3) is 0 Å². The molecule has 0 aliphatic rings. The zero-order valence-electron chi connectivity index (χ0n) is 11.9. The number of rotatable bonds is 6. The highest BCUT2D eigenvalue weighted by molar-refractivity contribution is 7.89. The van der Waals surface area contributed by atoms with Crippen LogP contribution in [0.15, 0.2) is 23.1 Å². The Morgan fingerprint density at radius 2 is 2.00 bits per heavy atom. The lowest BCUT2D eigenvalue weighted by Gasteiger charge is -2.23. The molecule has 0 saturated carbocycles. The van der Waals surface area contributed by atoms with Crippen LogP contribution in [0.5, 0.6) is 0 Å². The Hall–Kier alpha value is -0.950. The normalized spacial score (nSPS) is 12.7. The van der Waals surface area contributed by atoms with Gasteiger partial charge in [-0.15, -0.1) is 0 Å². The molecule has 0 spiro atoms. The van der Waals surface area contributed by atoms with Crippen LogP contribution in [0.1, 0.15) is 25.0 Å². The van der Waals surface area contributed by atoms with Gasteiger partial charge in [0.15, 0.2) is 0 Å². The van der Waals surface area contributed by atoms with Crippen molar-refractivity contribution in [2.24, 2.45) is 5.73 Å². The molecule has 1 aromatic carbocycles. The lowest BCUT2D eigenvalue weighted by molar-refractivity contribution is 0.0276. The van der Waals surface area contributed by atoms with E-state index in [9.17, 15) is 8.42 Å². The molecule has 0 bridgehead atoms. The fourth-order valence-electron chi connectivity index (χ4n) is 1.46. The van der Waals surface area contributed by atoms with E-state index in [1.54, 1.807) is 25.3 Å². The van der Waals surface area contributed by atoms with Gasteiger partial charge in [0.2, 0.25) is 10.0 Å². The van der Waals surface area contributed by atoms with Gasteiger partial charge in [0.25, 0.3) is 0 Å². The molecule has 3 N–H and O–H groups in total. The van der Waals surface area contributed by atoms with Crippen LogP contribution in [-0.4, -0.2) is 27.7 Å². The van der Waals surface area contributed by atoms with E-state index in [0.29, 0.717) is 6.54 Å². The minimum Gasteiger partial charge on any atom is -0.377 e. The summed E-state index contributed by atoms with van der Waals surface area (Å²) < 4.78 is 32.1. The number of hydrogen-bond donors (Lipinski definition) is 2. The molecule has 0 atom stereocenters. The van der Waals surface area contributed by atoms with Crippen molar-refractivity contribution < 1.29 is 13.2 Å². The number of nitrogens with one attached hydrogen (secondary N) is 1. The molecule has 0 heterocycles. The summed E-state index contributed by atoms with van der Waals surface area (Å²) in [6, 6.07) is 4.95. The van der Waals surface area contributed by atoms with E-state index >= 15 is 0 Å². The van der Waals surface area contributed by atoms with Crippen molar-refractivity contribution in [2.75, 3.05) is 13.7 Å². The molecule has 0 amide bonds. The minimum atomic E-state index is -3.54. The van der Waals surface area contributed by atoms with Crippen molar-refractivity contribution in [2.45, 2.75) is 37.8 Å². The van der Waals surface area contributed by atoms with Gasteiger partial charge in [-0.2, -0.15) is 0 Å². The largest absolute Gasteiger partial charge is 0.377 e. The molecule has 1 aromatic rings. The van der Waals surface area contributed by atoms with Gasteiger partial charge in [-0.05, 0) is 44.0 Å². The second-order valence-corrected chi connectivity index (χ2v) is 6.85. The van der Waals surface area contributed by atoms with Crippen molar-refractivity contribution in [3.05, 3.63) is 29.3 Å². The van der Waals surface area contributed by atoms with E-state index in [1.165, 1.54) is 0 Å². The van der Waals surface area contributed by atoms with Crippen LogP contribution in [-0.2, 0) is 21.3 Å². The fourth-order valence-corrected chi connectivity index (χ4v) is 2.71. The summed E-state index contributed by atoms with van der Waals surface area (Å²) in [4.78, 5) is 0.227. The first kappa shape index (κ1) is 16.1. The molecule has 0 fully saturated rings. The van der Waals surface area contributed by atoms with Crippen molar-refractivity contribution in [1.29, 1.82) is 0 Å². The molecule has 6 heteroatoms. The van der Waals surface area contributed by atoms with E-state index < -0.39 is 15.6 Å². The summed E-state index contributed by atoms with van der Waals surface area (Å²) in [5.41, 5.74) is 6.86. The third-order valence-electron chi connectivity index (χ3n) is 3.09. The van der Waals surface area contributed by atoms with Gasteiger partial charge in [-0.25, -0.2) is 13.1 Å². The van der Waals surface area contributed by atoms with Crippen molar-refractivity contribution >= 4 is 10.0 Å². The molecule has 0 saturated heterocycles. The Morgan fingerprint density at radius 1 is 1.37 bits per heavy atom. The van der Waals surface area contributed by atoms with Gasteiger partial charge in [-0.3, -0.25) is 0 Å². The minimum absolute atomic E-state index is 0.206. The third kappa shape index (κ3) is 4.28. The lowest BCUT2D eigenvalue weighted by Crippen LogP contribution is -2.39. The number of sulfonamides is 1. The SMILES string of the molecule is COC(C)(C)CNS(=O)(=O)c1ccc(C)c(CN)c1. The summed E-state index contributed by atoms with van der Waals surface area (Å²) in [5, 5.41) is 0. The molecule has 1 rings (SSSR count). The molecule has 5 nitrogen and oxygen atoms in total. The standard InChI is InChI=1S/C13H22N2O3S/c1-10-5-6-12(7-11(10)8-14)19(16,17)15-9-13(2,3)18-4/h5-7,15H,8-9,14H2,1-4H3. The first-order valence-corrected chi connectivity index (χ1v) is 7.54. The maximum atomic E-state index is 12.2. The lowest BCUT2D eigenvalue weighted by atomic mass is 10.1. The number of nitrogens with two attached hydrogens (primary N) is 1. The number of benzene rings is 1. The quantitative estimate of drug-likeness (QED) is 0.822. The van der Waals surface area contributed by atoms with Gasteiger partial charge >= 0.3 is 0 Å². The molecule has 0 aliphatic heterocycles. The second kappa shape index (κ2) is 6.00. The Morgan fingerprint density at radius 3 is 2.53 bits per heavy atom. The summed E-state index contributed by atoms with van der Waals surface area (Å²) in [7, 11) is -1.99. The van der Waals surface area contributed by atoms with E-state index in [-0.39, 0.29) is 11.4 Å². The molecular weight excluding hydrogens is 264 g/mol. The molecule has 0 aromatic heterocycles. The second-order valence-electron chi connectivity index (χ2n) is 5.08. The first-order chi connectivity index (χ1) is 8.72. The molecular formula is C13H22N2O3S. The summed E-state index contributed by atoms with van der Waals surface area (Å²) in [6.45, 7) is 6.06. The average molecular weight is 286 g/mol. The smallest absolute Gasteiger partial charge is 0.240 e. The van der Waals surface area contributed by atoms with Crippen LogP contribution in [0, 0.1) is 6.92 Å². The highest BCUT2D eigenvalue weighted by Gasteiger charge is 2.22. The maximum Gasteiger partial charge on any atom is 0.240 e. The van der Waals surface area contributed by atoms with E-state index in [2.05, 4.69) is 4.72 Å². The molecule has 0 unspecified atom stereocenters. The van der Waals surface area contributed by atoms with Gasteiger partial charge in [0.1, 0.15) is 0 Å². The van der Waals surface area contributed by atoms with Crippen LogP contribution >= 0.6 is 0 Å². The number of methoxy groups -OCH3 is 1. The number of ether oxygens (including phenoxy) is 1. The molecule has 0 aliphatic carbocycles. The highest BCUT2D eigenvalue weighted by Crippen LogP contribution is 2.16. The molecule has 0 radical (unpaired) electrons. The molecule has 19 heavy (non-hydrogen) atoms. The predicted molar refractivity (Wildman–Crippen MR) is 75.3 cm³/mol. The monoisotopic (exact) mass is 286 g/mol. The average Bonchev–Trinajstić information content (AvgIpc) is 2.37. The Kier molecular flexibility index (Phi) is 5.09. The maximum absolute atomic E-state index is 12.2. The zero-order chi connectivity index (χ0) is 14.7. The van der Waals surface area contributed by atoms with Gasteiger partial charge in [0, 0.05) is 20.2 Å². The Labute approximate surface area is 115 Å². The van der Waals surface area contributed by atoms with Crippen molar-refractivity contribution in [1.82, 2.24) is 4.72 Å². The number of aryl methyl sites for hydroxylation is 1. The Bertz CT molecular complexity index is 539. The van der Waals surface area contributed by atoms with Crippen molar-refractivity contribution in [3.63, 3.8) is 0 Å². The zero-order valence-corrected chi connectivity index (χ0v) is 12.7. The molecule has 108 valence electrons. The highest BCUT2D eigenvalue weighted by atomic mass is 32.2. The predicted octanol–water partition coefficient (Wildman–Crippen LogP) is 1.16. The van der Waals surface area contributed by atoms with E-state index in [0.717, 1.165) is 11.1 Å². The van der Waals surface area contributed by atoms with E-state index in [4.69, 9.17) is 10.5 Å². The summed E-state index contributed by atoms with van der Waals surface area (Å²) >= 11 is 0. The van der Waals surface area contributed by atoms with Crippen LogP contribution in [0.3, 0.4) is 0 Å². The first-order valence-electron chi connectivity index (χ1n) is 6.06. The van der Waals surface area contributed by atoms with Crippen LogP contribution in [0.2, 0.25) is 0 Å². The topological polar surface area (TPSA) is 81.4 Å². The Balaban J connectivity index is 2.95. The van der Waals surface area contributed by atoms with Crippen LogP contribution in [0.4, 0.5) is 0 Å². The fraction of sp³-hybridized carbons (Fsp3) is 0.538. The van der Waals surface area contributed by atoms with Gasteiger partial charge in [-0.1, -0.05) is 6.07 Å². The third-order valence-corrected chi connectivity index (χ3v) is 4.49. The number of hydrogen-bond acceptors (Lipinski definition) is 4.